The fourth-order valence-corrected chi connectivity index (χ4v) is 1.85. The van der Waals surface area contributed by atoms with E-state index in [4.69, 9.17) is 11.6 Å². The summed E-state index contributed by atoms with van der Waals surface area (Å²) in [6.45, 7) is 1.96. The predicted molar refractivity (Wildman–Crippen MR) is 67.9 cm³/mol. The highest BCUT2D eigenvalue weighted by Crippen LogP contribution is 2.23. The molecule has 0 fully saturated rings. The van der Waals surface area contributed by atoms with Crippen molar-refractivity contribution in [3.63, 3.8) is 0 Å². The Kier molecular flexibility index (Phi) is 3.79. The summed E-state index contributed by atoms with van der Waals surface area (Å²) >= 11 is 9.24. The van der Waals surface area contributed by atoms with Crippen molar-refractivity contribution in [1.82, 2.24) is 15.0 Å². The molecule has 0 saturated heterocycles. The first-order chi connectivity index (χ1) is 8.11. The lowest BCUT2D eigenvalue weighted by atomic mass is 10.2. The van der Waals surface area contributed by atoms with E-state index in [-0.39, 0.29) is 11.2 Å². The van der Waals surface area contributed by atoms with Crippen LogP contribution < -0.4 is 0 Å². The van der Waals surface area contributed by atoms with Crippen molar-refractivity contribution in [2.75, 3.05) is 0 Å². The first kappa shape index (κ1) is 12.5. The van der Waals surface area contributed by atoms with Crippen LogP contribution in [0.15, 0.2) is 28.9 Å². The van der Waals surface area contributed by atoms with Gasteiger partial charge in [-0.1, -0.05) is 28.1 Å². The third-order valence-electron chi connectivity index (χ3n) is 2.35. The Morgan fingerprint density at radius 3 is 2.94 bits per heavy atom. The average molecular weight is 319 g/mol. The molecule has 1 unspecified atom stereocenters. The Balaban J connectivity index is 2.37. The molecule has 0 aliphatic carbocycles. The smallest absolute Gasteiger partial charge is 0.150 e. The van der Waals surface area contributed by atoms with Crippen molar-refractivity contribution < 1.29 is 4.39 Å². The maximum absolute atomic E-state index is 13.7. The molecule has 0 bridgehead atoms. The number of aromatic nitrogens is 3. The minimum Gasteiger partial charge on any atom is -0.217 e. The van der Waals surface area contributed by atoms with Crippen molar-refractivity contribution in [2.45, 2.75) is 18.7 Å². The summed E-state index contributed by atoms with van der Waals surface area (Å²) in [5, 5.41) is 7.61. The van der Waals surface area contributed by atoms with Crippen LogP contribution in [0, 0.1) is 5.82 Å². The van der Waals surface area contributed by atoms with Crippen LogP contribution in [0.3, 0.4) is 0 Å². The van der Waals surface area contributed by atoms with Crippen molar-refractivity contribution in [3.8, 4) is 5.69 Å². The molecular formula is C11H10BrClFN3. The molecule has 2 rings (SSSR count). The summed E-state index contributed by atoms with van der Waals surface area (Å²) in [5.74, 6) is -0.363. The predicted octanol–water partition coefficient (Wildman–Crippen LogP) is 3.86. The zero-order valence-corrected chi connectivity index (χ0v) is 11.4. The van der Waals surface area contributed by atoms with Crippen molar-refractivity contribution in [1.29, 1.82) is 0 Å². The molecule has 0 radical (unpaired) electrons. The van der Waals surface area contributed by atoms with Crippen LogP contribution >= 0.6 is 27.5 Å². The monoisotopic (exact) mass is 317 g/mol. The summed E-state index contributed by atoms with van der Waals surface area (Å²) in [6.07, 6.45) is 2.40. The molecule has 1 aromatic carbocycles. The van der Waals surface area contributed by atoms with Gasteiger partial charge >= 0.3 is 0 Å². The van der Waals surface area contributed by atoms with Gasteiger partial charge in [-0.05, 0) is 24.6 Å². The fraction of sp³-hybridized carbons (Fsp3) is 0.273. The highest BCUT2D eigenvalue weighted by molar-refractivity contribution is 9.10. The van der Waals surface area contributed by atoms with Gasteiger partial charge in [0.05, 0.1) is 11.6 Å². The Hall–Kier alpha value is -0.940. The average Bonchev–Trinajstić information content (AvgIpc) is 2.77. The standard InChI is InChI=1S/C11H10BrClFN3/c1-2-8(13)10-6-17(16-15-10)11-4-3-7(12)5-9(11)14/h3-6,8H,2H2,1H3. The minimum absolute atomic E-state index is 0.192. The lowest BCUT2D eigenvalue weighted by Gasteiger charge is -2.02. The first-order valence-electron chi connectivity index (χ1n) is 5.13. The second-order valence-corrected chi connectivity index (χ2v) is 5.00. The van der Waals surface area contributed by atoms with Gasteiger partial charge in [0.2, 0.25) is 0 Å². The summed E-state index contributed by atoms with van der Waals surface area (Å²) in [4.78, 5) is 0. The third-order valence-corrected chi connectivity index (χ3v) is 3.37. The van der Waals surface area contributed by atoms with Crippen LogP contribution in [0.2, 0.25) is 0 Å². The number of hydrogen-bond acceptors (Lipinski definition) is 2. The number of hydrogen-bond donors (Lipinski definition) is 0. The molecule has 1 heterocycles. The van der Waals surface area contributed by atoms with Gasteiger partial charge in [-0.2, -0.15) is 0 Å². The van der Waals surface area contributed by atoms with E-state index in [0.29, 0.717) is 15.9 Å². The van der Waals surface area contributed by atoms with Gasteiger partial charge in [0, 0.05) is 4.47 Å². The molecule has 1 aromatic heterocycles. The fourth-order valence-electron chi connectivity index (χ4n) is 1.41. The van der Waals surface area contributed by atoms with Crippen LogP contribution in [0.4, 0.5) is 4.39 Å². The zero-order chi connectivity index (χ0) is 12.4. The third kappa shape index (κ3) is 2.66. The molecule has 0 amide bonds. The number of nitrogens with zero attached hydrogens (tertiary/aromatic N) is 3. The summed E-state index contributed by atoms with van der Waals surface area (Å²) in [5.41, 5.74) is 1.00. The molecule has 17 heavy (non-hydrogen) atoms. The van der Waals surface area contributed by atoms with Gasteiger partial charge in [-0.25, -0.2) is 9.07 Å². The van der Waals surface area contributed by atoms with E-state index < -0.39 is 0 Å². The van der Waals surface area contributed by atoms with Crippen LogP contribution in [0.5, 0.6) is 0 Å². The Morgan fingerprint density at radius 2 is 2.29 bits per heavy atom. The molecule has 0 N–H and O–H groups in total. The molecule has 0 spiro atoms. The molecule has 90 valence electrons. The first-order valence-corrected chi connectivity index (χ1v) is 6.36. The van der Waals surface area contributed by atoms with E-state index in [9.17, 15) is 4.39 Å². The van der Waals surface area contributed by atoms with Gasteiger partial charge in [0.1, 0.15) is 17.2 Å². The van der Waals surface area contributed by atoms with E-state index >= 15 is 0 Å². The highest BCUT2D eigenvalue weighted by Gasteiger charge is 2.12. The van der Waals surface area contributed by atoms with E-state index in [2.05, 4.69) is 26.2 Å². The Labute approximate surface area is 112 Å². The van der Waals surface area contributed by atoms with Crippen LogP contribution in [-0.2, 0) is 0 Å². The molecular weight excluding hydrogens is 308 g/mol. The Bertz CT molecular complexity index is 529. The number of benzene rings is 1. The van der Waals surface area contributed by atoms with Crippen molar-refractivity contribution in [2.24, 2.45) is 0 Å². The van der Waals surface area contributed by atoms with E-state index in [0.717, 1.165) is 6.42 Å². The van der Waals surface area contributed by atoms with Gasteiger partial charge < -0.3 is 0 Å². The minimum atomic E-state index is -0.363. The van der Waals surface area contributed by atoms with Gasteiger partial charge in [-0.15, -0.1) is 16.7 Å². The number of rotatable bonds is 3. The van der Waals surface area contributed by atoms with Crippen LogP contribution in [0.1, 0.15) is 24.4 Å². The van der Waals surface area contributed by atoms with E-state index in [1.807, 2.05) is 6.92 Å². The normalized spacial score (nSPS) is 12.7. The number of halogens is 3. The lowest BCUT2D eigenvalue weighted by molar-refractivity contribution is 0.606. The molecule has 0 aliphatic heterocycles. The summed E-state index contributed by atoms with van der Waals surface area (Å²) in [6, 6.07) is 4.76. The molecule has 3 nitrogen and oxygen atoms in total. The lowest BCUT2D eigenvalue weighted by Crippen LogP contribution is -1.98. The topological polar surface area (TPSA) is 30.7 Å². The Morgan fingerprint density at radius 1 is 1.53 bits per heavy atom. The van der Waals surface area contributed by atoms with E-state index in [1.54, 1.807) is 18.3 Å². The zero-order valence-electron chi connectivity index (χ0n) is 9.07. The van der Waals surface area contributed by atoms with Crippen molar-refractivity contribution in [3.05, 3.63) is 40.4 Å². The quantitative estimate of drug-likeness (QED) is 0.805. The molecule has 1 atom stereocenters. The second-order valence-electron chi connectivity index (χ2n) is 3.56. The largest absolute Gasteiger partial charge is 0.217 e. The maximum atomic E-state index is 13.7. The second kappa shape index (κ2) is 5.14. The van der Waals surface area contributed by atoms with Crippen molar-refractivity contribution >= 4 is 27.5 Å². The maximum Gasteiger partial charge on any atom is 0.150 e. The van der Waals surface area contributed by atoms with Gasteiger partial charge in [-0.3, -0.25) is 0 Å². The highest BCUT2D eigenvalue weighted by atomic mass is 79.9. The molecule has 2 aromatic rings. The van der Waals surface area contributed by atoms with E-state index in [1.165, 1.54) is 10.7 Å². The summed E-state index contributed by atoms with van der Waals surface area (Å²) < 4.78 is 15.8. The van der Waals surface area contributed by atoms with Crippen LogP contribution in [-0.4, -0.2) is 15.0 Å². The van der Waals surface area contributed by atoms with Crippen LogP contribution in [0.25, 0.3) is 5.69 Å². The van der Waals surface area contributed by atoms with Gasteiger partial charge in [0.25, 0.3) is 0 Å². The van der Waals surface area contributed by atoms with Gasteiger partial charge in [0.15, 0.2) is 0 Å². The molecule has 6 heteroatoms. The number of alkyl halides is 1. The SMILES string of the molecule is CCC(Cl)c1cn(-c2ccc(Br)cc2F)nn1. The molecule has 0 saturated carbocycles. The molecule has 0 aliphatic rings. The summed E-state index contributed by atoms with van der Waals surface area (Å²) in [7, 11) is 0.